The van der Waals surface area contributed by atoms with Gasteiger partial charge in [0.1, 0.15) is 0 Å². The zero-order valence-electron chi connectivity index (χ0n) is 8.80. The van der Waals surface area contributed by atoms with Gasteiger partial charge in [-0.1, -0.05) is 42.5 Å². The standard InChI is InChI=1S/C14H12OS/c15-13(11-14-7-4-10-16-14)9-8-12-5-2-1-3-6-12/h1-10H,11H2. The van der Waals surface area contributed by atoms with E-state index >= 15 is 0 Å². The fraction of sp³-hybridized carbons (Fsp3) is 0.0714. The second-order valence-corrected chi connectivity index (χ2v) is 4.50. The van der Waals surface area contributed by atoms with Gasteiger partial charge in [0.2, 0.25) is 0 Å². The highest BCUT2D eigenvalue weighted by Gasteiger charge is 1.99. The number of thiophene rings is 1. The van der Waals surface area contributed by atoms with E-state index in [-0.39, 0.29) is 5.78 Å². The highest BCUT2D eigenvalue weighted by Crippen LogP contribution is 2.10. The van der Waals surface area contributed by atoms with Crippen LogP contribution in [0.3, 0.4) is 0 Å². The molecule has 0 saturated carbocycles. The molecule has 0 spiro atoms. The number of rotatable bonds is 4. The highest BCUT2D eigenvalue weighted by molar-refractivity contribution is 7.10. The lowest BCUT2D eigenvalue weighted by molar-refractivity contribution is -0.113. The van der Waals surface area contributed by atoms with Gasteiger partial charge >= 0.3 is 0 Å². The summed E-state index contributed by atoms with van der Waals surface area (Å²) in [5.74, 6) is 0.145. The monoisotopic (exact) mass is 228 g/mol. The summed E-state index contributed by atoms with van der Waals surface area (Å²) in [6.07, 6.45) is 4.01. The van der Waals surface area contributed by atoms with Crippen LogP contribution in [-0.2, 0) is 11.2 Å². The number of hydrogen-bond donors (Lipinski definition) is 0. The molecule has 0 fully saturated rings. The molecule has 0 amide bonds. The molecule has 0 aliphatic heterocycles. The van der Waals surface area contributed by atoms with Crippen molar-refractivity contribution in [3.8, 4) is 0 Å². The fourth-order valence-electron chi connectivity index (χ4n) is 1.40. The molecule has 1 aromatic carbocycles. The minimum absolute atomic E-state index is 0.145. The van der Waals surface area contributed by atoms with Crippen molar-refractivity contribution in [1.82, 2.24) is 0 Å². The van der Waals surface area contributed by atoms with Gasteiger partial charge in [0.25, 0.3) is 0 Å². The van der Waals surface area contributed by atoms with Gasteiger partial charge in [-0.25, -0.2) is 0 Å². The molecule has 1 aromatic heterocycles. The van der Waals surface area contributed by atoms with Crippen molar-refractivity contribution < 1.29 is 4.79 Å². The molecule has 0 N–H and O–H groups in total. The summed E-state index contributed by atoms with van der Waals surface area (Å²) in [6, 6.07) is 13.8. The largest absolute Gasteiger partial charge is 0.294 e. The lowest BCUT2D eigenvalue weighted by atomic mass is 10.1. The molecule has 0 atom stereocenters. The van der Waals surface area contributed by atoms with E-state index in [9.17, 15) is 4.79 Å². The van der Waals surface area contributed by atoms with Gasteiger partial charge in [0.15, 0.2) is 5.78 Å². The maximum Gasteiger partial charge on any atom is 0.160 e. The van der Waals surface area contributed by atoms with Crippen LogP contribution in [0.1, 0.15) is 10.4 Å². The Balaban J connectivity index is 1.95. The zero-order chi connectivity index (χ0) is 11.2. The smallest absolute Gasteiger partial charge is 0.160 e. The molecular weight excluding hydrogens is 216 g/mol. The first-order valence-electron chi connectivity index (χ1n) is 5.13. The van der Waals surface area contributed by atoms with Gasteiger partial charge in [-0.3, -0.25) is 4.79 Å². The molecule has 0 aliphatic rings. The Morgan fingerprint density at radius 3 is 2.62 bits per heavy atom. The first-order chi connectivity index (χ1) is 7.84. The molecule has 1 heterocycles. The molecule has 0 bridgehead atoms. The summed E-state index contributed by atoms with van der Waals surface area (Å²) in [6.45, 7) is 0. The van der Waals surface area contributed by atoms with Crippen LogP contribution >= 0.6 is 11.3 Å². The van der Waals surface area contributed by atoms with Crippen LogP contribution < -0.4 is 0 Å². The average Bonchev–Trinajstić information content (AvgIpc) is 2.81. The number of benzene rings is 1. The second kappa shape index (κ2) is 5.42. The third-order valence-corrected chi connectivity index (χ3v) is 3.07. The van der Waals surface area contributed by atoms with E-state index in [1.54, 1.807) is 17.4 Å². The summed E-state index contributed by atoms with van der Waals surface area (Å²) in [4.78, 5) is 12.7. The Labute approximate surface area is 99.1 Å². The molecule has 2 rings (SSSR count). The molecule has 16 heavy (non-hydrogen) atoms. The summed E-state index contributed by atoms with van der Waals surface area (Å²) in [5.41, 5.74) is 1.06. The number of ketones is 1. The van der Waals surface area contributed by atoms with E-state index < -0.39 is 0 Å². The minimum atomic E-state index is 0.145. The lowest BCUT2D eigenvalue weighted by Crippen LogP contribution is -1.95. The van der Waals surface area contributed by atoms with Crippen LogP contribution in [-0.4, -0.2) is 5.78 Å². The molecule has 80 valence electrons. The van der Waals surface area contributed by atoms with Crippen LogP contribution in [0, 0.1) is 0 Å². The molecule has 0 radical (unpaired) electrons. The number of hydrogen-bond acceptors (Lipinski definition) is 2. The van der Waals surface area contributed by atoms with Gasteiger partial charge < -0.3 is 0 Å². The topological polar surface area (TPSA) is 17.1 Å². The number of allylic oxidation sites excluding steroid dienone is 1. The minimum Gasteiger partial charge on any atom is -0.294 e. The van der Waals surface area contributed by atoms with Crippen molar-refractivity contribution in [2.75, 3.05) is 0 Å². The Kier molecular flexibility index (Phi) is 3.67. The van der Waals surface area contributed by atoms with Gasteiger partial charge in [-0.15, -0.1) is 11.3 Å². The SMILES string of the molecule is O=C(C=Cc1ccccc1)Cc1cccs1. The summed E-state index contributed by atoms with van der Waals surface area (Å²) in [7, 11) is 0. The van der Waals surface area contributed by atoms with Crippen LogP contribution in [0.15, 0.2) is 53.9 Å². The molecule has 0 saturated heterocycles. The summed E-state index contributed by atoms with van der Waals surface area (Å²) in [5, 5.41) is 1.99. The van der Waals surface area contributed by atoms with E-state index in [0.717, 1.165) is 10.4 Å². The Morgan fingerprint density at radius 2 is 1.94 bits per heavy atom. The molecular formula is C14H12OS. The quantitative estimate of drug-likeness (QED) is 0.731. The molecule has 1 nitrogen and oxygen atoms in total. The molecule has 2 heteroatoms. The van der Waals surface area contributed by atoms with Gasteiger partial charge in [0.05, 0.1) is 0 Å². The van der Waals surface area contributed by atoms with Crippen molar-refractivity contribution in [2.24, 2.45) is 0 Å². The van der Waals surface area contributed by atoms with Crippen LogP contribution in [0.4, 0.5) is 0 Å². The zero-order valence-corrected chi connectivity index (χ0v) is 9.61. The third-order valence-electron chi connectivity index (χ3n) is 2.19. The van der Waals surface area contributed by atoms with Gasteiger partial charge in [-0.05, 0) is 23.1 Å². The Morgan fingerprint density at radius 1 is 1.12 bits per heavy atom. The Bertz CT molecular complexity index is 469. The summed E-state index contributed by atoms with van der Waals surface area (Å²) < 4.78 is 0. The Hall–Kier alpha value is -1.67. The van der Waals surface area contributed by atoms with E-state index in [4.69, 9.17) is 0 Å². The number of carbonyl (C=O) groups excluding carboxylic acids is 1. The van der Waals surface area contributed by atoms with Crippen LogP contribution in [0.5, 0.6) is 0 Å². The average molecular weight is 228 g/mol. The molecule has 0 unspecified atom stereocenters. The van der Waals surface area contributed by atoms with Crippen LogP contribution in [0.2, 0.25) is 0 Å². The lowest BCUT2D eigenvalue weighted by Gasteiger charge is -1.92. The van der Waals surface area contributed by atoms with Gasteiger partial charge in [-0.2, -0.15) is 0 Å². The van der Waals surface area contributed by atoms with E-state index in [2.05, 4.69) is 0 Å². The third kappa shape index (κ3) is 3.17. The number of carbonyl (C=O) groups is 1. The van der Waals surface area contributed by atoms with Gasteiger partial charge in [0, 0.05) is 11.3 Å². The fourth-order valence-corrected chi connectivity index (χ4v) is 2.11. The highest BCUT2D eigenvalue weighted by atomic mass is 32.1. The van der Waals surface area contributed by atoms with Crippen molar-refractivity contribution in [3.63, 3.8) is 0 Å². The predicted octanol–water partition coefficient (Wildman–Crippen LogP) is 3.57. The van der Waals surface area contributed by atoms with Crippen LogP contribution in [0.25, 0.3) is 6.08 Å². The van der Waals surface area contributed by atoms with Crippen molar-refractivity contribution in [1.29, 1.82) is 0 Å². The first-order valence-corrected chi connectivity index (χ1v) is 6.01. The first kappa shape index (κ1) is 10.8. The van der Waals surface area contributed by atoms with Crippen molar-refractivity contribution in [2.45, 2.75) is 6.42 Å². The van der Waals surface area contributed by atoms with E-state index in [1.807, 2.05) is 53.9 Å². The molecule has 0 aliphatic carbocycles. The van der Waals surface area contributed by atoms with E-state index in [0.29, 0.717) is 6.42 Å². The van der Waals surface area contributed by atoms with Crippen molar-refractivity contribution in [3.05, 3.63) is 64.4 Å². The van der Waals surface area contributed by atoms with E-state index in [1.165, 1.54) is 0 Å². The normalized spacial score (nSPS) is 10.8. The summed E-state index contributed by atoms with van der Waals surface area (Å²) >= 11 is 1.62. The predicted molar refractivity (Wildman–Crippen MR) is 68.5 cm³/mol. The maximum atomic E-state index is 11.6. The second-order valence-electron chi connectivity index (χ2n) is 3.47. The van der Waals surface area contributed by atoms with Crippen molar-refractivity contribution >= 4 is 23.2 Å². The maximum absolute atomic E-state index is 11.6. The molecule has 2 aromatic rings.